The van der Waals surface area contributed by atoms with Crippen LogP contribution in [0.5, 0.6) is 0 Å². The molecule has 0 bridgehead atoms. The number of pyridine rings is 1. The first-order valence-corrected chi connectivity index (χ1v) is 7.67. The molecule has 0 aliphatic rings. The second kappa shape index (κ2) is 7.60. The fraction of sp³-hybridized carbons (Fsp3) is 0.688. The van der Waals surface area contributed by atoms with Gasteiger partial charge in [-0.1, -0.05) is 27.7 Å². The van der Waals surface area contributed by atoms with E-state index >= 15 is 0 Å². The highest BCUT2D eigenvalue weighted by molar-refractivity contribution is 5.44. The summed E-state index contributed by atoms with van der Waals surface area (Å²) >= 11 is 0. The highest BCUT2D eigenvalue weighted by Gasteiger charge is 2.39. The van der Waals surface area contributed by atoms with Crippen molar-refractivity contribution in [3.8, 4) is 0 Å². The maximum Gasteiger partial charge on any atom is 0.0765 e. The second-order valence-electron chi connectivity index (χ2n) is 5.28. The van der Waals surface area contributed by atoms with Gasteiger partial charge in [-0.25, -0.2) is 0 Å². The average Bonchev–Trinajstić information content (AvgIpc) is 2.47. The summed E-state index contributed by atoms with van der Waals surface area (Å²) in [4.78, 5) is 6.48. The van der Waals surface area contributed by atoms with Gasteiger partial charge in [-0.15, -0.1) is 0 Å². The van der Waals surface area contributed by atoms with Crippen molar-refractivity contribution in [2.45, 2.75) is 58.6 Å². The summed E-state index contributed by atoms with van der Waals surface area (Å²) in [5, 5.41) is 10.8. The molecular formula is C16H29N3O. The fourth-order valence-electron chi connectivity index (χ4n) is 3.24. The minimum atomic E-state index is -0.441. The molecule has 0 saturated carbocycles. The Morgan fingerprint density at radius 1 is 1.25 bits per heavy atom. The Kier molecular flexibility index (Phi) is 6.43. The van der Waals surface area contributed by atoms with Gasteiger partial charge in [-0.3, -0.25) is 9.88 Å². The van der Waals surface area contributed by atoms with E-state index < -0.39 is 6.10 Å². The van der Waals surface area contributed by atoms with Gasteiger partial charge in [-0.2, -0.15) is 0 Å². The third-order valence-corrected chi connectivity index (χ3v) is 4.59. The molecule has 20 heavy (non-hydrogen) atoms. The van der Waals surface area contributed by atoms with Gasteiger partial charge >= 0.3 is 0 Å². The monoisotopic (exact) mass is 279 g/mol. The summed E-state index contributed by atoms with van der Waals surface area (Å²) < 4.78 is 0. The zero-order valence-corrected chi connectivity index (χ0v) is 13.3. The highest BCUT2D eigenvalue weighted by Crippen LogP contribution is 2.30. The molecule has 0 aliphatic carbocycles. The van der Waals surface area contributed by atoms with Gasteiger partial charge in [0.15, 0.2) is 0 Å². The van der Waals surface area contributed by atoms with Crippen molar-refractivity contribution in [1.29, 1.82) is 0 Å². The van der Waals surface area contributed by atoms with Gasteiger partial charge in [0, 0.05) is 30.0 Å². The predicted molar refractivity (Wildman–Crippen MR) is 84.6 cm³/mol. The smallest absolute Gasteiger partial charge is 0.0765 e. The van der Waals surface area contributed by atoms with Crippen molar-refractivity contribution in [3.05, 3.63) is 24.0 Å². The SMILES string of the molecule is CCN(CC)C(CC)(CC)C(O)Cc1cnccc1N. The van der Waals surface area contributed by atoms with Crippen LogP contribution in [0.25, 0.3) is 0 Å². The zero-order valence-electron chi connectivity index (χ0n) is 13.3. The predicted octanol–water partition coefficient (Wildman–Crippen LogP) is 2.47. The van der Waals surface area contributed by atoms with E-state index in [0.29, 0.717) is 12.1 Å². The summed E-state index contributed by atoms with van der Waals surface area (Å²) in [6.07, 6.45) is 5.40. The lowest BCUT2D eigenvalue weighted by molar-refractivity contribution is -0.0340. The molecule has 1 aromatic heterocycles. The minimum absolute atomic E-state index is 0.189. The largest absolute Gasteiger partial charge is 0.398 e. The van der Waals surface area contributed by atoms with Gasteiger partial charge < -0.3 is 10.8 Å². The van der Waals surface area contributed by atoms with Crippen molar-refractivity contribution in [2.24, 2.45) is 0 Å². The van der Waals surface area contributed by atoms with Crippen LogP contribution >= 0.6 is 0 Å². The van der Waals surface area contributed by atoms with Crippen LogP contribution in [-0.2, 0) is 6.42 Å². The number of rotatable bonds is 8. The normalized spacial score (nSPS) is 13.7. The second-order valence-corrected chi connectivity index (χ2v) is 5.28. The fourth-order valence-corrected chi connectivity index (χ4v) is 3.24. The summed E-state index contributed by atoms with van der Waals surface area (Å²) in [7, 11) is 0. The molecule has 114 valence electrons. The lowest BCUT2D eigenvalue weighted by Gasteiger charge is -2.46. The zero-order chi connectivity index (χ0) is 15.2. The van der Waals surface area contributed by atoms with Crippen LogP contribution < -0.4 is 5.73 Å². The van der Waals surface area contributed by atoms with E-state index in [4.69, 9.17) is 5.73 Å². The van der Waals surface area contributed by atoms with Gasteiger partial charge in [0.1, 0.15) is 0 Å². The van der Waals surface area contributed by atoms with E-state index in [1.54, 1.807) is 18.5 Å². The van der Waals surface area contributed by atoms with E-state index in [0.717, 1.165) is 31.5 Å². The molecule has 0 saturated heterocycles. The molecule has 4 nitrogen and oxygen atoms in total. The van der Waals surface area contributed by atoms with Crippen molar-refractivity contribution in [2.75, 3.05) is 18.8 Å². The number of likely N-dealkylation sites (N-methyl/N-ethyl adjacent to an activating group) is 1. The Labute approximate surface area is 123 Å². The van der Waals surface area contributed by atoms with Gasteiger partial charge in [-0.05, 0) is 37.6 Å². The van der Waals surface area contributed by atoms with Crippen molar-refractivity contribution < 1.29 is 5.11 Å². The summed E-state index contributed by atoms with van der Waals surface area (Å²) in [5.41, 5.74) is 7.42. The number of nitrogens with two attached hydrogens (primary N) is 1. The van der Waals surface area contributed by atoms with Crippen LogP contribution in [-0.4, -0.2) is 39.7 Å². The summed E-state index contributed by atoms with van der Waals surface area (Å²) in [6.45, 7) is 10.5. The molecule has 0 amide bonds. The Balaban J connectivity index is 3.00. The van der Waals surface area contributed by atoms with Crippen molar-refractivity contribution >= 4 is 5.69 Å². The van der Waals surface area contributed by atoms with Gasteiger partial charge in [0.25, 0.3) is 0 Å². The van der Waals surface area contributed by atoms with Crippen LogP contribution in [0.15, 0.2) is 18.5 Å². The van der Waals surface area contributed by atoms with Gasteiger partial charge in [0.2, 0.25) is 0 Å². The van der Waals surface area contributed by atoms with E-state index in [2.05, 4.69) is 37.6 Å². The molecule has 1 rings (SSSR count). The molecule has 3 N–H and O–H groups in total. The molecule has 1 aromatic rings. The quantitative estimate of drug-likeness (QED) is 0.767. The molecule has 0 aromatic carbocycles. The molecule has 1 heterocycles. The Bertz CT molecular complexity index is 400. The van der Waals surface area contributed by atoms with Crippen molar-refractivity contribution in [1.82, 2.24) is 9.88 Å². The first-order chi connectivity index (χ1) is 9.55. The molecule has 1 atom stereocenters. The molecule has 0 fully saturated rings. The number of aliphatic hydroxyl groups excluding tert-OH is 1. The van der Waals surface area contributed by atoms with Crippen LogP contribution in [0.2, 0.25) is 0 Å². The maximum atomic E-state index is 10.8. The van der Waals surface area contributed by atoms with E-state index in [1.165, 1.54) is 0 Å². The summed E-state index contributed by atoms with van der Waals surface area (Å²) in [5.74, 6) is 0. The number of hydrogen-bond donors (Lipinski definition) is 2. The summed E-state index contributed by atoms with van der Waals surface area (Å²) in [6, 6.07) is 1.79. The van der Waals surface area contributed by atoms with E-state index in [9.17, 15) is 5.11 Å². The van der Waals surface area contributed by atoms with Crippen molar-refractivity contribution in [3.63, 3.8) is 0 Å². The molecule has 4 heteroatoms. The van der Waals surface area contributed by atoms with E-state index in [1.807, 2.05) is 0 Å². The lowest BCUT2D eigenvalue weighted by Crippen LogP contribution is -2.56. The topological polar surface area (TPSA) is 62.4 Å². The number of anilines is 1. The van der Waals surface area contributed by atoms with Crippen LogP contribution in [0.1, 0.15) is 46.1 Å². The molecule has 0 radical (unpaired) electrons. The Hall–Kier alpha value is -1.13. The molecule has 0 spiro atoms. The number of aliphatic hydroxyl groups is 1. The third kappa shape index (κ3) is 3.30. The minimum Gasteiger partial charge on any atom is -0.398 e. The van der Waals surface area contributed by atoms with Crippen LogP contribution in [0, 0.1) is 0 Å². The Morgan fingerprint density at radius 3 is 2.30 bits per heavy atom. The number of nitrogen functional groups attached to an aromatic ring is 1. The number of hydrogen-bond acceptors (Lipinski definition) is 4. The first kappa shape index (κ1) is 16.9. The molecular weight excluding hydrogens is 250 g/mol. The first-order valence-electron chi connectivity index (χ1n) is 7.67. The van der Waals surface area contributed by atoms with E-state index in [-0.39, 0.29) is 5.54 Å². The number of aromatic nitrogens is 1. The third-order valence-electron chi connectivity index (χ3n) is 4.59. The average molecular weight is 279 g/mol. The standard InChI is InChI=1S/C16H29N3O/c1-5-16(6-2,19(7-3)8-4)15(20)11-13-12-18-10-9-14(13)17/h9-10,12,15,20H,5-8,11H2,1-4H3,(H2,17,18). The Morgan fingerprint density at radius 2 is 1.85 bits per heavy atom. The number of nitrogens with zero attached hydrogens (tertiary/aromatic N) is 2. The molecule has 0 aliphatic heterocycles. The lowest BCUT2D eigenvalue weighted by atomic mass is 9.81. The van der Waals surface area contributed by atoms with Gasteiger partial charge in [0.05, 0.1) is 6.10 Å². The van der Waals surface area contributed by atoms with Crippen LogP contribution in [0.4, 0.5) is 5.69 Å². The maximum absolute atomic E-state index is 10.8. The van der Waals surface area contributed by atoms with Crippen LogP contribution in [0.3, 0.4) is 0 Å². The molecule has 1 unspecified atom stereocenters. The highest BCUT2D eigenvalue weighted by atomic mass is 16.3.